The zero-order chi connectivity index (χ0) is 15.4. The minimum Gasteiger partial charge on any atom is -0.355 e. The molecular weight excluding hydrogens is 256 g/mol. The highest BCUT2D eigenvalue weighted by Crippen LogP contribution is 2.37. The van der Waals surface area contributed by atoms with Gasteiger partial charge in [0.15, 0.2) is 0 Å². The monoisotopic (exact) mass is 292 g/mol. The number of fused-ring (bicyclic) bond motifs is 1. The highest BCUT2D eigenvalue weighted by molar-refractivity contribution is 5.84. The number of amidine groups is 1. The summed E-state index contributed by atoms with van der Waals surface area (Å²) < 4.78 is 0. The summed E-state index contributed by atoms with van der Waals surface area (Å²) in [6.07, 6.45) is 11.1. The van der Waals surface area contributed by atoms with Crippen molar-refractivity contribution in [3.05, 3.63) is 0 Å². The molecule has 0 aromatic heterocycles. The fraction of sp³-hybridized carbons (Fsp3) is 0.947. The Morgan fingerprint density at radius 1 is 1.00 bits per heavy atom. The Morgan fingerprint density at radius 2 is 1.71 bits per heavy atom. The van der Waals surface area contributed by atoms with E-state index in [-0.39, 0.29) is 0 Å². The van der Waals surface area contributed by atoms with Crippen LogP contribution < -0.4 is 0 Å². The third kappa shape index (κ3) is 4.47. The summed E-state index contributed by atoms with van der Waals surface area (Å²) in [5.74, 6) is 3.20. The van der Waals surface area contributed by atoms with E-state index in [1.54, 1.807) is 0 Å². The summed E-state index contributed by atoms with van der Waals surface area (Å²) in [4.78, 5) is 7.67. The fourth-order valence-corrected chi connectivity index (χ4v) is 4.47. The molecule has 2 heteroatoms. The van der Waals surface area contributed by atoms with Gasteiger partial charge in [-0.3, -0.25) is 4.99 Å². The summed E-state index contributed by atoms with van der Waals surface area (Å²) in [7, 11) is 0. The van der Waals surface area contributed by atoms with Crippen molar-refractivity contribution in [1.82, 2.24) is 4.90 Å². The maximum atomic E-state index is 4.97. The summed E-state index contributed by atoms with van der Waals surface area (Å²) in [5.41, 5.74) is 0. The van der Waals surface area contributed by atoms with Crippen molar-refractivity contribution in [2.45, 2.75) is 104 Å². The van der Waals surface area contributed by atoms with Crippen LogP contribution in [0, 0.1) is 11.8 Å². The third-order valence-corrected chi connectivity index (χ3v) is 5.30. The minimum absolute atomic E-state index is 0.424. The first-order valence-electron chi connectivity index (χ1n) is 9.34. The number of nitrogens with zero attached hydrogens (tertiary/aromatic N) is 2. The fourth-order valence-electron chi connectivity index (χ4n) is 4.47. The molecule has 21 heavy (non-hydrogen) atoms. The van der Waals surface area contributed by atoms with Crippen molar-refractivity contribution in [3.63, 3.8) is 0 Å². The lowest BCUT2D eigenvalue weighted by atomic mass is 9.80. The van der Waals surface area contributed by atoms with Crippen LogP contribution in [0.1, 0.15) is 86.0 Å². The van der Waals surface area contributed by atoms with Crippen LogP contribution in [0.5, 0.6) is 0 Å². The normalized spacial score (nSPS) is 33.8. The highest BCUT2D eigenvalue weighted by atomic mass is 15.2. The van der Waals surface area contributed by atoms with Crippen LogP contribution >= 0.6 is 0 Å². The lowest BCUT2D eigenvalue weighted by Gasteiger charge is -2.46. The second-order valence-electron chi connectivity index (χ2n) is 7.99. The maximum Gasteiger partial charge on any atom is 0.0997 e. The third-order valence-electron chi connectivity index (χ3n) is 5.30. The molecule has 0 aromatic rings. The first-order valence-corrected chi connectivity index (χ1v) is 9.34. The van der Waals surface area contributed by atoms with Gasteiger partial charge in [-0.05, 0) is 58.8 Å². The summed E-state index contributed by atoms with van der Waals surface area (Å²) in [6.45, 7) is 11.6. The molecule has 3 atom stereocenters. The van der Waals surface area contributed by atoms with Gasteiger partial charge in [0.1, 0.15) is 0 Å². The number of hydrogen-bond donors (Lipinski definition) is 0. The molecule has 2 aliphatic rings. The molecule has 0 N–H and O–H groups in total. The Bertz CT molecular complexity index is 345. The predicted octanol–water partition coefficient (Wildman–Crippen LogP) is 5.27. The Hall–Kier alpha value is -0.530. The van der Waals surface area contributed by atoms with Gasteiger partial charge in [0.25, 0.3) is 0 Å². The molecule has 0 bridgehead atoms. The standard InChI is InChI=1S/C19H36N2/c1-14(2)20-19-12-11-17-13-16(5)9-7-6-8-10-18(17)21(19)15(3)4/h14-18H,6-13H2,1-5H3/b20-19-. The van der Waals surface area contributed by atoms with E-state index in [4.69, 9.17) is 4.99 Å². The van der Waals surface area contributed by atoms with Gasteiger partial charge in [0.2, 0.25) is 0 Å². The van der Waals surface area contributed by atoms with Crippen molar-refractivity contribution in [3.8, 4) is 0 Å². The van der Waals surface area contributed by atoms with Gasteiger partial charge in [0.05, 0.1) is 5.84 Å². The topological polar surface area (TPSA) is 15.6 Å². The lowest BCUT2D eigenvalue weighted by molar-refractivity contribution is 0.131. The quantitative estimate of drug-likeness (QED) is 0.676. The molecule has 0 radical (unpaired) electrons. The van der Waals surface area contributed by atoms with Crippen molar-refractivity contribution >= 4 is 5.84 Å². The lowest BCUT2D eigenvalue weighted by Crippen LogP contribution is -2.52. The van der Waals surface area contributed by atoms with Crippen molar-refractivity contribution in [2.24, 2.45) is 16.8 Å². The largest absolute Gasteiger partial charge is 0.355 e. The maximum absolute atomic E-state index is 4.97. The number of rotatable bonds is 2. The van der Waals surface area contributed by atoms with Gasteiger partial charge in [-0.15, -0.1) is 0 Å². The molecule has 1 heterocycles. The van der Waals surface area contributed by atoms with E-state index in [0.29, 0.717) is 12.1 Å². The summed E-state index contributed by atoms with van der Waals surface area (Å²) >= 11 is 0. The number of piperidine rings is 1. The molecule has 0 spiro atoms. The van der Waals surface area contributed by atoms with Crippen LogP contribution in [0.4, 0.5) is 0 Å². The average Bonchev–Trinajstić information content (AvgIpc) is 2.47. The Labute approximate surface area is 132 Å². The Morgan fingerprint density at radius 3 is 2.38 bits per heavy atom. The van der Waals surface area contributed by atoms with Crippen LogP contribution in [-0.2, 0) is 0 Å². The Balaban J connectivity index is 2.22. The molecule has 1 saturated carbocycles. The molecule has 122 valence electrons. The second-order valence-corrected chi connectivity index (χ2v) is 7.99. The smallest absolute Gasteiger partial charge is 0.0997 e. The molecule has 0 aromatic carbocycles. The number of likely N-dealkylation sites (tertiary alicyclic amines) is 1. The SMILES string of the molecule is CC1CCCCCC2C(CC/C(=N/C(C)C)N2C(C)C)C1. The summed E-state index contributed by atoms with van der Waals surface area (Å²) in [6, 6.07) is 1.76. The van der Waals surface area contributed by atoms with Crippen molar-refractivity contribution < 1.29 is 0 Å². The molecule has 2 fully saturated rings. The van der Waals surface area contributed by atoms with Crippen molar-refractivity contribution in [1.29, 1.82) is 0 Å². The highest BCUT2D eigenvalue weighted by Gasteiger charge is 2.36. The van der Waals surface area contributed by atoms with Crippen LogP contribution in [0.25, 0.3) is 0 Å². The molecular formula is C19H36N2. The molecule has 1 aliphatic carbocycles. The molecule has 2 rings (SSSR count). The van der Waals surface area contributed by atoms with E-state index in [2.05, 4.69) is 39.5 Å². The van der Waals surface area contributed by atoms with E-state index in [9.17, 15) is 0 Å². The molecule has 0 amide bonds. The van der Waals surface area contributed by atoms with Gasteiger partial charge in [-0.1, -0.05) is 32.6 Å². The van der Waals surface area contributed by atoms with Gasteiger partial charge in [-0.2, -0.15) is 0 Å². The molecule has 1 saturated heterocycles. The van der Waals surface area contributed by atoms with Gasteiger partial charge in [0, 0.05) is 24.5 Å². The minimum atomic E-state index is 0.424. The average molecular weight is 293 g/mol. The van der Waals surface area contributed by atoms with Gasteiger partial charge < -0.3 is 4.90 Å². The molecule has 3 unspecified atom stereocenters. The van der Waals surface area contributed by atoms with Crippen LogP contribution in [0.15, 0.2) is 4.99 Å². The van der Waals surface area contributed by atoms with E-state index >= 15 is 0 Å². The zero-order valence-electron chi connectivity index (χ0n) is 14.9. The molecule has 1 aliphatic heterocycles. The Kier molecular flexibility index (Phi) is 6.13. The van der Waals surface area contributed by atoms with E-state index in [0.717, 1.165) is 17.9 Å². The van der Waals surface area contributed by atoms with E-state index < -0.39 is 0 Å². The van der Waals surface area contributed by atoms with Crippen LogP contribution in [0.2, 0.25) is 0 Å². The number of hydrogen-bond acceptors (Lipinski definition) is 1. The zero-order valence-corrected chi connectivity index (χ0v) is 14.9. The van der Waals surface area contributed by atoms with Crippen molar-refractivity contribution in [2.75, 3.05) is 0 Å². The predicted molar refractivity (Wildman–Crippen MR) is 92.9 cm³/mol. The van der Waals surface area contributed by atoms with Gasteiger partial charge in [-0.25, -0.2) is 0 Å². The second kappa shape index (κ2) is 7.65. The first-order chi connectivity index (χ1) is 9.99. The van der Waals surface area contributed by atoms with Crippen LogP contribution in [0.3, 0.4) is 0 Å². The molecule has 2 nitrogen and oxygen atoms in total. The van der Waals surface area contributed by atoms with E-state index in [1.807, 2.05) is 0 Å². The first kappa shape index (κ1) is 16.8. The van der Waals surface area contributed by atoms with E-state index in [1.165, 1.54) is 57.2 Å². The van der Waals surface area contributed by atoms with Gasteiger partial charge >= 0.3 is 0 Å². The summed E-state index contributed by atoms with van der Waals surface area (Å²) in [5, 5.41) is 0. The van der Waals surface area contributed by atoms with Crippen LogP contribution in [-0.4, -0.2) is 28.9 Å². The number of aliphatic imine (C=N–C) groups is 1.